The third-order valence-electron chi connectivity index (χ3n) is 4.89. The smallest absolute Gasteiger partial charge is 0.227 e. The number of hydrogen-bond acceptors (Lipinski definition) is 6. The number of nitrogens with zero attached hydrogens (tertiary/aromatic N) is 3. The number of nitrogens with one attached hydrogen (secondary N) is 1. The Labute approximate surface area is 165 Å². The molecule has 3 aromatic rings. The molecule has 0 radical (unpaired) electrons. The molecule has 6 nitrogen and oxygen atoms in total. The Morgan fingerprint density at radius 1 is 0.929 bits per heavy atom. The molecule has 0 saturated carbocycles. The quantitative estimate of drug-likeness (QED) is 0.723. The Balaban J connectivity index is 1.60. The van der Waals surface area contributed by atoms with E-state index >= 15 is 0 Å². The van der Waals surface area contributed by atoms with Crippen LogP contribution < -0.4 is 19.7 Å². The average molecular weight is 376 g/mol. The monoisotopic (exact) mass is 376 g/mol. The van der Waals surface area contributed by atoms with Crippen LogP contribution in [0.4, 0.5) is 17.5 Å². The summed E-state index contributed by atoms with van der Waals surface area (Å²) < 4.78 is 10.9. The molecule has 0 amide bonds. The Bertz CT molecular complexity index is 976. The summed E-state index contributed by atoms with van der Waals surface area (Å²) in [7, 11) is 3.33. The van der Waals surface area contributed by atoms with E-state index in [1.54, 1.807) is 14.2 Å². The van der Waals surface area contributed by atoms with Gasteiger partial charge in [-0.25, -0.2) is 4.98 Å². The van der Waals surface area contributed by atoms with Crippen LogP contribution >= 0.6 is 0 Å². The Morgan fingerprint density at radius 3 is 2.36 bits per heavy atom. The summed E-state index contributed by atoms with van der Waals surface area (Å²) in [6, 6.07) is 16.1. The van der Waals surface area contributed by atoms with Gasteiger partial charge in [-0.05, 0) is 48.7 Å². The normalized spacial score (nSPS) is 13.0. The molecule has 2 aromatic carbocycles. The molecular weight excluding hydrogens is 352 g/mol. The molecule has 0 unspecified atom stereocenters. The highest BCUT2D eigenvalue weighted by molar-refractivity contribution is 5.58. The van der Waals surface area contributed by atoms with E-state index in [2.05, 4.69) is 27.3 Å². The third kappa shape index (κ3) is 3.71. The Kier molecular flexibility index (Phi) is 5.02. The predicted octanol–water partition coefficient (Wildman–Crippen LogP) is 4.11. The number of aromatic nitrogens is 2. The molecule has 6 heteroatoms. The van der Waals surface area contributed by atoms with Crippen molar-refractivity contribution in [3.63, 3.8) is 0 Å². The van der Waals surface area contributed by atoms with Gasteiger partial charge in [0, 0.05) is 30.5 Å². The standard InChI is InChI=1S/C22H24N4O2/c1-15-11-21(24-18-7-5-4-6-8-18)25-22(23-15)26-10-9-16-12-19(27-2)20(28-3)13-17(16)14-26/h4-8,11-13H,9-10,14H2,1-3H3,(H,23,24,25). The van der Waals surface area contributed by atoms with E-state index in [4.69, 9.17) is 14.5 Å². The van der Waals surface area contributed by atoms with Crippen molar-refractivity contribution in [1.82, 2.24) is 9.97 Å². The number of rotatable bonds is 5. The van der Waals surface area contributed by atoms with Gasteiger partial charge in [-0.2, -0.15) is 4.98 Å². The van der Waals surface area contributed by atoms with Gasteiger partial charge in [-0.1, -0.05) is 18.2 Å². The van der Waals surface area contributed by atoms with E-state index in [0.717, 1.165) is 54.2 Å². The summed E-state index contributed by atoms with van der Waals surface area (Å²) in [5, 5.41) is 3.36. The summed E-state index contributed by atoms with van der Waals surface area (Å²) in [6.45, 7) is 3.59. The Hall–Kier alpha value is -3.28. The predicted molar refractivity (Wildman–Crippen MR) is 111 cm³/mol. The fourth-order valence-electron chi connectivity index (χ4n) is 3.48. The number of aryl methyl sites for hydroxylation is 1. The second kappa shape index (κ2) is 7.76. The molecule has 0 fully saturated rings. The van der Waals surface area contributed by atoms with Crippen LogP contribution in [0, 0.1) is 6.92 Å². The van der Waals surface area contributed by atoms with Crippen molar-refractivity contribution in [2.24, 2.45) is 0 Å². The molecule has 1 aromatic heterocycles. The van der Waals surface area contributed by atoms with Gasteiger partial charge in [0.2, 0.25) is 5.95 Å². The van der Waals surface area contributed by atoms with E-state index in [9.17, 15) is 0 Å². The van der Waals surface area contributed by atoms with Crippen molar-refractivity contribution < 1.29 is 9.47 Å². The van der Waals surface area contributed by atoms with Gasteiger partial charge in [0.05, 0.1) is 14.2 Å². The molecule has 28 heavy (non-hydrogen) atoms. The first-order valence-corrected chi connectivity index (χ1v) is 9.33. The minimum absolute atomic E-state index is 0.735. The van der Waals surface area contributed by atoms with Gasteiger partial charge in [-0.3, -0.25) is 0 Å². The van der Waals surface area contributed by atoms with Crippen molar-refractivity contribution in [2.45, 2.75) is 19.9 Å². The van der Waals surface area contributed by atoms with Crippen LogP contribution in [0.2, 0.25) is 0 Å². The van der Waals surface area contributed by atoms with Gasteiger partial charge in [0.1, 0.15) is 5.82 Å². The Morgan fingerprint density at radius 2 is 1.64 bits per heavy atom. The molecule has 0 spiro atoms. The number of anilines is 3. The zero-order valence-electron chi connectivity index (χ0n) is 16.4. The van der Waals surface area contributed by atoms with E-state index in [1.165, 1.54) is 11.1 Å². The number of methoxy groups -OCH3 is 2. The second-order valence-electron chi connectivity index (χ2n) is 6.83. The summed E-state index contributed by atoms with van der Waals surface area (Å²) in [4.78, 5) is 11.6. The van der Waals surface area contributed by atoms with Gasteiger partial charge in [0.25, 0.3) is 0 Å². The lowest BCUT2D eigenvalue weighted by molar-refractivity contribution is 0.353. The van der Waals surface area contributed by atoms with Crippen molar-refractivity contribution in [3.05, 3.63) is 65.4 Å². The molecule has 2 heterocycles. The zero-order valence-corrected chi connectivity index (χ0v) is 16.4. The summed E-state index contributed by atoms with van der Waals surface area (Å²) in [5.41, 5.74) is 4.43. The summed E-state index contributed by atoms with van der Waals surface area (Å²) >= 11 is 0. The lowest BCUT2D eigenvalue weighted by Gasteiger charge is -2.30. The first-order chi connectivity index (χ1) is 13.7. The SMILES string of the molecule is COc1cc2c(cc1OC)CN(c1nc(C)cc(Nc3ccccc3)n1)CC2. The highest BCUT2D eigenvalue weighted by Crippen LogP contribution is 2.34. The van der Waals surface area contributed by atoms with Crippen LogP contribution in [-0.4, -0.2) is 30.7 Å². The van der Waals surface area contributed by atoms with Crippen LogP contribution in [0.5, 0.6) is 11.5 Å². The van der Waals surface area contributed by atoms with E-state index in [0.29, 0.717) is 0 Å². The fraction of sp³-hybridized carbons (Fsp3) is 0.273. The second-order valence-corrected chi connectivity index (χ2v) is 6.83. The van der Waals surface area contributed by atoms with Crippen molar-refractivity contribution in [3.8, 4) is 11.5 Å². The van der Waals surface area contributed by atoms with Gasteiger partial charge in [0.15, 0.2) is 11.5 Å². The summed E-state index contributed by atoms with van der Waals surface area (Å²) in [6.07, 6.45) is 0.911. The van der Waals surface area contributed by atoms with Crippen LogP contribution in [0.15, 0.2) is 48.5 Å². The fourth-order valence-corrected chi connectivity index (χ4v) is 3.48. The molecule has 1 N–H and O–H groups in total. The van der Waals surface area contributed by atoms with E-state index in [-0.39, 0.29) is 0 Å². The van der Waals surface area contributed by atoms with Crippen LogP contribution in [0.25, 0.3) is 0 Å². The largest absolute Gasteiger partial charge is 0.493 e. The molecule has 0 bridgehead atoms. The molecule has 144 valence electrons. The molecule has 0 aliphatic carbocycles. The van der Waals surface area contributed by atoms with Crippen LogP contribution in [-0.2, 0) is 13.0 Å². The number of fused-ring (bicyclic) bond motifs is 1. The molecule has 1 aliphatic rings. The minimum atomic E-state index is 0.735. The summed E-state index contributed by atoms with van der Waals surface area (Å²) in [5.74, 6) is 3.06. The third-order valence-corrected chi connectivity index (χ3v) is 4.89. The van der Waals surface area contributed by atoms with Crippen LogP contribution in [0.3, 0.4) is 0 Å². The topological polar surface area (TPSA) is 59.5 Å². The van der Waals surface area contributed by atoms with Crippen molar-refractivity contribution in [2.75, 3.05) is 31.0 Å². The molecule has 0 saturated heterocycles. The molecule has 4 rings (SSSR count). The van der Waals surface area contributed by atoms with Gasteiger partial charge in [-0.15, -0.1) is 0 Å². The maximum atomic E-state index is 5.46. The number of ether oxygens (including phenoxy) is 2. The van der Waals surface area contributed by atoms with E-state index in [1.807, 2.05) is 43.3 Å². The highest BCUT2D eigenvalue weighted by atomic mass is 16.5. The first kappa shape index (κ1) is 18.1. The maximum Gasteiger partial charge on any atom is 0.227 e. The van der Waals surface area contributed by atoms with Crippen molar-refractivity contribution in [1.29, 1.82) is 0 Å². The number of benzene rings is 2. The van der Waals surface area contributed by atoms with Gasteiger partial charge >= 0.3 is 0 Å². The lowest BCUT2D eigenvalue weighted by atomic mass is 9.99. The van der Waals surface area contributed by atoms with Crippen LogP contribution in [0.1, 0.15) is 16.8 Å². The molecule has 0 atom stereocenters. The van der Waals surface area contributed by atoms with E-state index < -0.39 is 0 Å². The maximum absolute atomic E-state index is 5.46. The molecular formula is C22H24N4O2. The molecule has 1 aliphatic heterocycles. The number of hydrogen-bond donors (Lipinski definition) is 1. The first-order valence-electron chi connectivity index (χ1n) is 9.33. The zero-order chi connectivity index (χ0) is 19.5. The lowest BCUT2D eigenvalue weighted by Crippen LogP contribution is -2.32. The van der Waals surface area contributed by atoms with Crippen molar-refractivity contribution >= 4 is 17.5 Å². The minimum Gasteiger partial charge on any atom is -0.493 e. The van der Waals surface area contributed by atoms with Gasteiger partial charge < -0.3 is 19.7 Å². The number of para-hydroxylation sites is 1. The average Bonchev–Trinajstić information content (AvgIpc) is 2.72. The highest BCUT2D eigenvalue weighted by Gasteiger charge is 2.21.